The number of carboxylic acids is 1. The molecule has 0 radical (unpaired) electrons. The molecule has 0 rings (SSSR count). The van der Waals surface area contributed by atoms with Crippen LogP contribution in [0.2, 0.25) is 0 Å². The van der Waals surface area contributed by atoms with E-state index in [1.807, 2.05) is 0 Å². The zero-order valence-corrected chi connectivity index (χ0v) is 11.8. The third-order valence-corrected chi connectivity index (χ3v) is 2.49. The molecule has 0 aromatic rings. The molecule has 15 heavy (non-hydrogen) atoms. The van der Waals surface area contributed by atoms with Crippen LogP contribution < -0.4 is 0 Å². The Bertz CT molecular complexity index is 138. The van der Waals surface area contributed by atoms with E-state index in [4.69, 9.17) is 5.11 Å². The summed E-state index contributed by atoms with van der Waals surface area (Å²) in [5, 5.41) is 8.41. The predicted molar refractivity (Wildman–Crippen MR) is 59.5 cm³/mol. The van der Waals surface area contributed by atoms with Gasteiger partial charge in [-0.15, -0.1) is 0 Å². The van der Waals surface area contributed by atoms with E-state index in [0.717, 1.165) is 12.8 Å². The summed E-state index contributed by atoms with van der Waals surface area (Å²) in [7, 11) is 0. The molecule has 3 heteroatoms. The minimum atomic E-state index is -0.659. The van der Waals surface area contributed by atoms with Crippen LogP contribution in [-0.4, -0.2) is 11.1 Å². The van der Waals surface area contributed by atoms with Crippen LogP contribution >= 0.6 is 0 Å². The normalized spacial score (nSPS) is 9.67. The molecule has 0 amide bonds. The van der Waals surface area contributed by atoms with Crippen LogP contribution in [-0.2, 0) is 25.9 Å². The van der Waals surface area contributed by atoms with Crippen molar-refractivity contribution in [3.8, 4) is 0 Å². The number of rotatable bonds is 10. The van der Waals surface area contributed by atoms with Crippen molar-refractivity contribution in [3.05, 3.63) is 0 Å². The van der Waals surface area contributed by atoms with Gasteiger partial charge in [0.2, 0.25) is 0 Å². The van der Waals surface area contributed by atoms with Gasteiger partial charge in [-0.25, -0.2) is 0 Å². The quantitative estimate of drug-likeness (QED) is 0.489. The fraction of sp³-hybridized carbons (Fsp3) is 0.917. The second-order valence-corrected chi connectivity index (χ2v) is 3.97. The van der Waals surface area contributed by atoms with E-state index < -0.39 is 5.97 Å². The Balaban J connectivity index is 0. The minimum Gasteiger partial charge on any atom is -0.481 e. The van der Waals surface area contributed by atoms with Crippen LogP contribution in [0.4, 0.5) is 0 Å². The first-order valence-corrected chi connectivity index (χ1v) is 5.99. The van der Waals surface area contributed by atoms with E-state index in [2.05, 4.69) is 6.92 Å². The van der Waals surface area contributed by atoms with Crippen LogP contribution in [0.25, 0.3) is 0 Å². The third kappa shape index (κ3) is 16.8. The summed E-state index contributed by atoms with van der Waals surface area (Å²) in [6.45, 7) is 2.23. The number of unbranched alkanes of at least 4 members (excludes halogenated alkanes) is 8. The molecule has 1 N–H and O–H groups in total. The van der Waals surface area contributed by atoms with Gasteiger partial charge < -0.3 is 5.11 Å². The van der Waals surface area contributed by atoms with Gasteiger partial charge >= 0.3 is 5.97 Å². The second kappa shape index (κ2) is 14.2. The Morgan fingerprint density at radius 2 is 1.27 bits per heavy atom. The Hall–Kier alpha value is 0.158. The molecule has 0 aromatic carbocycles. The summed E-state index contributed by atoms with van der Waals surface area (Å²) < 4.78 is 0. The van der Waals surface area contributed by atoms with Crippen molar-refractivity contribution in [2.24, 2.45) is 0 Å². The van der Waals surface area contributed by atoms with Crippen molar-refractivity contribution in [1.29, 1.82) is 0 Å². The molecule has 0 fully saturated rings. The van der Waals surface area contributed by atoms with E-state index in [9.17, 15) is 4.79 Å². The largest absolute Gasteiger partial charge is 0.481 e. The summed E-state index contributed by atoms with van der Waals surface area (Å²) in [6, 6.07) is 0. The first kappa shape index (κ1) is 17.5. The van der Waals surface area contributed by atoms with E-state index in [-0.39, 0.29) is 21.1 Å². The molecule has 0 spiro atoms. The summed E-state index contributed by atoms with van der Waals surface area (Å²) in [6.07, 6.45) is 11.5. The Kier molecular flexibility index (Phi) is 16.6. The number of aliphatic carboxylic acids is 1. The fourth-order valence-electron chi connectivity index (χ4n) is 1.59. The van der Waals surface area contributed by atoms with Crippen molar-refractivity contribution in [3.63, 3.8) is 0 Å². The van der Waals surface area contributed by atoms with Gasteiger partial charge in [-0.3, -0.25) is 4.79 Å². The summed E-state index contributed by atoms with van der Waals surface area (Å²) in [5.74, 6) is -0.659. The maximum Gasteiger partial charge on any atom is 0.303 e. The smallest absolute Gasteiger partial charge is 0.303 e. The maximum atomic E-state index is 10.2. The molecule has 0 aliphatic carbocycles. The Labute approximate surface area is 108 Å². The molecule has 0 aliphatic heterocycles. The summed E-state index contributed by atoms with van der Waals surface area (Å²) >= 11 is 0. The molecule has 0 heterocycles. The van der Waals surface area contributed by atoms with Crippen LogP contribution in [0.3, 0.4) is 0 Å². The average molecular weight is 296 g/mol. The van der Waals surface area contributed by atoms with E-state index in [0.29, 0.717) is 6.42 Å². The number of carbonyl (C=O) groups is 1. The van der Waals surface area contributed by atoms with Crippen molar-refractivity contribution in [2.45, 2.75) is 71.1 Å². The van der Waals surface area contributed by atoms with Crippen molar-refractivity contribution < 1.29 is 31.0 Å². The molecular formula is C12H24MoO2. The van der Waals surface area contributed by atoms with Crippen LogP contribution in [0.15, 0.2) is 0 Å². The molecule has 0 bridgehead atoms. The number of hydrogen-bond donors (Lipinski definition) is 1. The molecule has 0 aromatic heterocycles. The van der Waals surface area contributed by atoms with Gasteiger partial charge in [0.05, 0.1) is 0 Å². The Morgan fingerprint density at radius 1 is 0.867 bits per heavy atom. The predicted octanol–water partition coefficient (Wildman–Crippen LogP) is 3.99. The number of hydrogen-bond acceptors (Lipinski definition) is 1. The minimum absolute atomic E-state index is 0. The van der Waals surface area contributed by atoms with Gasteiger partial charge in [0.15, 0.2) is 0 Å². The van der Waals surface area contributed by atoms with Gasteiger partial charge in [0.1, 0.15) is 0 Å². The molecule has 0 aliphatic rings. The van der Waals surface area contributed by atoms with E-state index in [1.165, 1.54) is 44.9 Å². The molecule has 90 valence electrons. The topological polar surface area (TPSA) is 37.3 Å². The van der Waals surface area contributed by atoms with Crippen molar-refractivity contribution in [1.82, 2.24) is 0 Å². The average Bonchev–Trinajstić information content (AvgIpc) is 2.15. The number of carboxylic acid groups (broad SMARTS) is 1. The van der Waals surface area contributed by atoms with E-state index >= 15 is 0 Å². The second-order valence-electron chi connectivity index (χ2n) is 3.97. The zero-order valence-electron chi connectivity index (χ0n) is 9.83. The molecule has 0 unspecified atom stereocenters. The van der Waals surface area contributed by atoms with Crippen molar-refractivity contribution in [2.75, 3.05) is 0 Å². The summed E-state index contributed by atoms with van der Waals surface area (Å²) in [5.41, 5.74) is 0. The first-order valence-electron chi connectivity index (χ1n) is 5.99. The first-order chi connectivity index (χ1) is 6.77. The molecule has 0 saturated carbocycles. The fourth-order valence-corrected chi connectivity index (χ4v) is 1.59. The Morgan fingerprint density at radius 3 is 1.67 bits per heavy atom. The standard InChI is InChI=1S/C12H24O2.Mo/c1-2-3-4-5-6-7-8-9-10-11-12(13)14;/h2-11H2,1H3,(H,13,14);. The molecular weight excluding hydrogens is 272 g/mol. The third-order valence-electron chi connectivity index (χ3n) is 2.49. The van der Waals surface area contributed by atoms with Crippen LogP contribution in [0, 0.1) is 0 Å². The van der Waals surface area contributed by atoms with Gasteiger partial charge in [0.25, 0.3) is 0 Å². The zero-order chi connectivity index (χ0) is 10.6. The molecule has 0 saturated heterocycles. The van der Waals surface area contributed by atoms with Gasteiger partial charge in [-0.05, 0) is 6.42 Å². The van der Waals surface area contributed by atoms with Gasteiger partial charge in [0, 0.05) is 27.5 Å². The van der Waals surface area contributed by atoms with E-state index in [1.54, 1.807) is 0 Å². The van der Waals surface area contributed by atoms with Gasteiger partial charge in [-0.1, -0.05) is 58.3 Å². The maximum absolute atomic E-state index is 10.2. The molecule has 2 nitrogen and oxygen atoms in total. The molecule has 0 atom stereocenters. The monoisotopic (exact) mass is 298 g/mol. The SMILES string of the molecule is CCCCCCCCCCCC(=O)O.[Mo]. The summed E-state index contributed by atoms with van der Waals surface area (Å²) in [4.78, 5) is 10.2. The van der Waals surface area contributed by atoms with Gasteiger partial charge in [-0.2, -0.15) is 0 Å². The van der Waals surface area contributed by atoms with Crippen molar-refractivity contribution >= 4 is 5.97 Å². The van der Waals surface area contributed by atoms with Crippen LogP contribution in [0.1, 0.15) is 71.1 Å². The van der Waals surface area contributed by atoms with Crippen LogP contribution in [0.5, 0.6) is 0 Å².